The summed E-state index contributed by atoms with van der Waals surface area (Å²) < 4.78 is 0.928. The quantitative estimate of drug-likeness (QED) is 0.606. The Morgan fingerprint density at radius 3 is 2.58 bits per heavy atom. The van der Waals surface area contributed by atoms with Gasteiger partial charge in [-0.3, -0.25) is 15.1 Å². The minimum absolute atomic E-state index is 0.166. The van der Waals surface area contributed by atoms with Gasteiger partial charge in [-0.25, -0.2) is 5.01 Å². The smallest absolute Gasteiger partial charge is 0.276 e. The first-order chi connectivity index (χ1) is 15.1. The van der Waals surface area contributed by atoms with Gasteiger partial charge in [-0.2, -0.15) is 0 Å². The van der Waals surface area contributed by atoms with E-state index in [-0.39, 0.29) is 5.91 Å². The minimum Gasteiger partial charge on any atom is -0.298 e. The molecule has 0 aliphatic carbocycles. The van der Waals surface area contributed by atoms with Crippen LogP contribution in [0.25, 0.3) is 5.70 Å². The van der Waals surface area contributed by atoms with Crippen LogP contribution in [-0.4, -0.2) is 16.1 Å². The van der Waals surface area contributed by atoms with Gasteiger partial charge in [0.2, 0.25) is 0 Å². The number of hydrogen-bond acceptors (Lipinski definition) is 5. The number of thioether (sulfide) groups is 1. The first-order valence-electron chi connectivity index (χ1n) is 9.89. The molecule has 2 heterocycles. The third kappa shape index (κ3) is 3.91. The van der Waals surface area contributed by atoms with Crippen LogP contribution in [0.3, 0.4) is 0 Å². The number of fused-ring (bicyclic) bond motifs is 2. The molecule has 3 aromatic carbocycles. The fourth-order valence-electron chi connectivity index (χ4n) is 3.62. The van der Waals surface area contributed by atoms with E-state index in [1.165, 1.54) is 22.9 Å². The van der Waals surface area contributed by atoms with Crippen molar-refractivity contribution in [2.75, 3.05) is 0 Å². The second-order valence-electron chi connectivity index (χ2n) is 7.37. The van der Waals surface area contributed by atoms with E-state index in [1.807, 2.05) is 48.5 Å². The Morgan fingerprint density at radius 2 is 1.77 bits per heavy atom. The van der Waals surface area contributed by atoms with E-state index in [9.17, 15) is 4.79 Å². The van der Waals surface area contributed by atoms with Gasteiger partial charge in [-0.1, -0.05) is 93.9 Å². The third-order valence-electron chi connectivity index (χ3n) is 5.19. The van der Waals surface area contributed by atoms with Crippen molar-refractivity contribution < 1.29 is 4.79 Å². The molecule has 1 atom stereocenters. The van der Waals surface area contributed by atoms with E-state index in [0.717, 1.165) is 26.4 Å². The fraction of sp³-hybridized carbons (Fsp3) is 0.125. The van der Waals surface area contributed by atoms with Crippen molar-refractivity contribution in [3.8, 4) is 0 Å². The summed E-state index contributed by atoms with van der Waals surface area (Å²) in [4.78, 5) is 18.1. The largest absolute Gasteiger partial charge is 0.298 e. The molecule has 7 heteroatoms. The van der Waals surface area contributed by atoms with Crippen molar-refractivity contribution in [1.82, 2.24) is 10.3 Å². The van der Waals surface area contributed by atoms with Gasteiger partial charge in [0.25, 0.3) is 5.91 Å². The average molecular weight is 491 g/mol. The molecule has 3 aromatic rings. The number of benzene rings is 3. The van der Waals surface area contributed by atoms with E-state index in [2.05, 4.69) is 52.4 Å². The molecule has 5 nitrogen and oxygen atoms in total. The highest BCUT2D eigenvalue weighted by Gasteiger charge is 2.35. The molecule has 0 unspecified atom stereocenters. The van der Waals surface area contributed by atoms with Crippen molar-refractivity contribution in [3.05, 3.63) is 105 Å². The van der Waals surface area contributed by atoms with Gasteiger partial charge < -0.3 is 0 Å². The summed E-state index contributed by atoms with van der Waals surface area (Å²) in [6.07, 6.45) is -0.429. The summed E-state index contributed by atoms with van der Waals surface area (Å²) in [5, 5.41) is 11.7. The molecule has 0 spiro atoms. The third-order valence-corrected chi connectivity index (χ3v) is 6.85. The van der Waals surface area contributed by atoms with Crippen LogP contribution in [0, 0.1) is 6.92 Å². The molecule has 1 N–H and O–H groups in total. The van der Waals surface area contributed by atoms with E-state index in [0.29, 0.717) is 10.9 Å². The molecule has 31 heavy (non-hydrogen) atoms. The van der Waals surface area contributed by atoms with E-state index in [4.69, 9.17) is 10.1 Å². The van der Waals surface area contributed by atoms with Gasteiger partial charge in [0.1, 0.15) is 5.70 Å². The summed E-state index contributed by atoms with van der Waals surface area (Å²) in [7, 11) is 0. The molecule has 0 aromatic heterocycles. The van der Waals surface area contributed by atoms with Crippen molar-refractivity contribution in [2.24, 2.45) is 10.1 Å². The van der Waals surface area contributed by atoms with Crippen LogP contribution < -0.4 is 15.9 Å². The van der Waals surface area contributed by atoms with Crippen LogP contribution >= 0.6 is 27.7 Å². The summed E-state index contributed by atoms with van der Waals surface area (Å²) >= 11 is 5.14. The second-order valence-corrected chi connectivity index (χ2v) is 9.19. The maximum Gasteiger partial charge on any atom is 0.276 e. The van der Waals surface area contributed by atoms with Crippen LogP contribution in [0.15, 0.2) is 87.4 Å². The van der Waals surface area contributed by atoms with Crippen LogP contribution in [0.4, 0.5) is 0 Å². The van der Waals surface area contributed by atoms with Crippen molar-refractivity contribution in [2.45, 2.75) is 18.8 Å². The molecule has 1 amide bonds. The van der Waals surface area contributed by atoms with E-state index in [1.54, 1.807) is 5.01 Å². The summed E-state index contributed by atoms with van der Waals surface area (Å²) in [6.45, 7) is 2.07. The predicted octanol–water partition coefficient (Wildman–Crippen LogP) is 3.83. The number of aryl methyl sites for hydroxylation is 1. The molecule has 0 fully saturated rings. The lowest BCUT2D eigenvalue weighted by Crippen LogP contribution is -2.50. The maximum atomic E-state index is 13.2. The number of hydrazone groups is 1. The van der Waals surface area contributed by atoms with Gasteiger partial charge in [-0.05, 0) is 24.6 Å². The van der Waals surface area contributed by atoms with E-state index >= 15 is 0 Å². The zero-order valence-electron chi connectivity index (χ0n) is 16.7. The molecule has 5 rings (SSSR count). The fourth-order valence-corrected chi connectivity index (χ4v) is 4.91. The lowest BCUT2D eigenvalue weighted by Gasteiger charge is -2.34. The number of carbonyl (C=O) groups excluding carboxylic acids is 1. The predicted molar refractivity (Wildman–Crippen MR) is 127 cm³/mol. The zero-order chi connectivity index (χ0) is 21.4. The number of nitrogens with one attached hydrogen (secondary N) is 1. The first kappa shape index (κ1) is 20.0. The molecule has 0 saturated heterocycles. The second kappa shape index (κ2) is 8.32. The van der Waals surface area contributed by atoms with Gasteiger partial charge in [0, 0.05) is 21.0 Å². The van der Waals surface area contributed by atoms with Crippen LogP contribution in [0.2, 0.25) is 0 Å². The molecule has 2 aliphatic heterocycles. The normalized spacial score (nSPS) is 17.3. The minimum atomic E-state index is -0.429. The Balaban J connectivity index is 1.56. The highest BCUT2D eigenvalue weighted by Crippen LogP contribution is 2.34. The number of carbonyl (C=O) groups is 1. The SMILES string of the molecule is Cc1ccc(CSC2=NN3C(=c4ccccc4=N[C@H]3c3ccccc3Br)C(=O)N2)cc1. The summed E-state index contributed by atoms with van der Waals surface area (Å²) in [5.41, 5.74) is 3.88. The Hall–Kier alpha value is -2.90. The Morgan fingerprint density at radius 1 is 1.03 bits per heavy atom. The van der Waals surface area contributed by atoms with Crippen molar-refractivity contribution in [1.29, 1.82) is 0 Å². The van der Waals surface area contributed by atoms with Gasteiger partial charge in [0.15, 0.2) is 11.3 Å². The number of rotatable bonds is 3. The number of hydrogen-bond donors (Lipinski definition) is 1. The van der Waals surface area contributed by atoms with Crippen LogP contribution in [-0.2, 0) is 10.5 Å². The number of amides is 1. The molecule has 0 bridgehead atoms. The Labute approximate surface area is 192 Å². The zero-order valence-corrected chi connectivity index (χ0v) is 19.2. The monoisotopic (exact) mass is 490 g/mol. The number of para-hydroxylation sites is 1. The van der Waals surface area contributed by atoms with E-state index < -0.39 is 6.17 Å². The average Bonchev–Trinajstić information content (AvgIpc) is 2.78. The van der Waals surface area contributed by atoms with Gasteiger partial charge >= 0.3 is 0 Å². The Bertz CT molecular complexity index is 1320. The highest BCUT2D eigenvalue weighted by molar-refractivity contribution is 9.10. The standard InChI is InChI=1S/C24H19BrN4OS/c1-15-10-12-16(13-11-15)14-31-24-27-23(30)21-18-7-3-5-9-20(18)26-22(29(21)28-24)17-6-2-4-8-19(17)25/h2-13,22H,14H2,1H3,(H,27,28,30)/t22-/m1/s1. The van der Waals surface area contributed by atoms with Gasteiger partial charge in [-0.15, -0.1) is 5.10 Å². The summed E-state index contributed by atoms with van der Waals surface area (Å²) in [5.74, 6) is 0.552. The lowest BCUT2D eigenvalue weighted by atomic mass is 10.1. The molecule has 0 radical (unpaired) electrons. The summed E-state index contributed by atoms with van der Waals surface area (Å²) in [6, 6.07) is 24.0. The van der Waals surface area contributed by atoms with Crippen LogP contribution in [0.1, 0.15) is 22.9 Å². The molecular formula is C24H19BrN4OS. The molecular weight excluding hydrogens is 472 g/mol. The lowest BCUT2D eigenvalue weighted by molar-refractivity contribution is -0.116. The number of halogens is 1. The number of amidine groups is 1. The Kier molecular flexibility index (Phi) is 5.38. The molecule has 2 aliphatic rings. The van der Waals surface area contributed by atoms with Crippen molar-refractivity contribution >= 4 is 44.5 Å². The van der Waals surface area contributed by atoms with Crippen LogP contribution in [0.5, 0.6) is 0 Å². The molecule has 154 valence electrons. The topological polar surface area (TPSA) is 57.1 Å². The van der Waals surface area contributed by atoms with Crippen molar-refractivity contribution in [3.63, 3.8) is 0 Å². The first-order valence-corrected chi connectivity index (χ1v) is 11.7. The van der Waals surface area contributed by atoms with Gasteiger partial charge in [0.05, 0.1) is 5.36 Å². The molecule has 0 saturated carbocycles. The number of nitrogens with zero attached hydrogens (tertiary/aromatic N) is 3. The maximum absolute atomic E-state index is 13.2. The highest BCUT2D eigenvalue weighted by atomic mass is 79.9.